The fourth-order valence-electron chi connectivity index (χ4n) is 4.11. The van der Waals surface area contributed by atoms with Gasteiger partial charge in [0.2, 0.25) is 11.8 Å². The van der Waals surface area contributed by atoms with Crippen LogP contribution < -0.4 is 15.3 Å². The number of carbonyl (C=O) groups excluding carboxylic acids is 3. The second kappa shape index (κ2) is 7.42. The molecule has 0 radical (unpaired) electrons. The van der Waals surface area contributed by atoms with Crippen molar-refractivity contribution in [3.8, 4) is 0 Å². The van der Waals surface area contributed by atoms with Gasteiger partial charge in [0.1, 0.15) is 0 Å². The van der Waals surface area contributed by atoms with Crippen molar-refractivity contribution in [2.75, 3.05) is 10.2 Å². The molecule has 2 heterocycles. The lowest BCUT2D eigenvalue weighted by Crippen LogP contribution is -2.31. The van der Waals surface area contributed by atoms with E-state index in [0.29, 0.717) is 25.1 Å². The molecular weight excluding hydrogens is 358 g/mol. The smallest absolute Gasteiger partial charge is 0.237 e. The van der Waals surface area contributed by atoms with Crippen LogP contribution in [-0.4, -0.2) is 22.8 Å². The Labute approximate surface area is 162 Å². The molecule has 1 saturated carbocycles. The first-order valence-corrected chi connectivity index (χ1v) is 9.42. The summed E-state index contributed by atoms with van der Waals surface area (Å²) in [6.45, 7) is 0.388. The molecule has 0 bridgehead atoms. The number of rotatable bonds is 5. The number of carboxylic acids is 1. The van der Waals surface area contributed by atoms with Crippen molar-refractivity contribution in [3.05, 3.63) is 53.9 Å². The third-order valence-corrected chi connectivity index (χ3v) is 5.53. The molecule has 1 aromatic carbocycles. The van der Waals surface area contributed by atoms with E-state index in [9.17, 15) is 19.5 Å². The predicted molar refractivity (Wildman–Crippen MR) is 100 cm³/mol. The van der Waals surface area contributed by atoms with E-state index in [4.69, 9.17) is 0 Å². The van der Waals surface area contributed by atoms with Gasteiger partial charge in [0.15, 0.2) is 0 Å². The lowest BCUT2D eigenvalue weighted by Gasteiger charge is -2.19. The summed E-state index contributed by atoms with van der Waals surface area (Å²) < 4.78 is 0. The predicted octanol–water partition coefficient (Wildman–Crippen LogP) is 1.74. The molecule has 28 heavy (non-hydrogen) atoms. The maximum Gasteiger partial charge on any atom is 0.237 e. The van der Waals surface area contributed by atoms with E-state index in [2.05, 4.69) is 10.3 Å². The highest BCUT2D eigenvalue weighted by Crippen LogP contribution is 2.40. The number of fused-ring (bicyclic) bond motifs is 1. The molecule has 1 aliphatic carbocycles. The largest absolute Gasteiger partial charge is 0.545 e. The van der Waals surface area contributed by atoms with Gasteiger partial charge < -0.3 is 15.2 Å². The van der Waals surface area contributed by atoms with Gasteiger partial charge in [0.05, 0.1) is 23.5 Å². The number of aromatic nitrogens is 1. The number of aromatic carboxylic acids is 1. The molecule has 2 aliphatic rings. The molecule has 1 saturated heterocycles. The highest BCUT2D eigenvalue weighted by Gasteiger charge is 2.48. The zero-order valence-electron chi connectivity index (χ0n) is 15.3. The molecule has 0 spiro atoms. The van der Waals surface area contributed by atoms with E-state index in [1.807, 2.05) is 6.07 Å². The summed E-state index contributed by atoms with van der Waals surface area (Å²) in [7, 11) is 0. The first kappa shape index (κ1) is 18.2. The number of nitrogens with one attached hydrogen (secondary N) is 1. The van der Waals surface area contributed by atoms with Gasteiger partial charge in [-0.2, -0.15) is 0 Å². The monoisotopic (exact) mass is 378 g/mol. The number of anilines is 2. The van der Waals surface area contributed by atoms with Crippen molar-refractivity contribution in [2.24, 2.45) is 11.8 Å². The second-order valence-electron chi connectivity index (χ2n) is 7.24. The zero-order valence-corrected chi connectivity index (χ0v) is 15.3. The van der Waals surface area contributed by atoms with Crippen molar-refractivity contribution in [1.82, 2.24) is 4.98 Å². The average molecular weight is 378 g/mol. The number of imide groups is 1. The SMILES string of the molecule is O=C([O-])c1cc(N2C(=O)[C@H]3CCCC[C@H]3C2=O)ccc1NCc1cccnc1. The first-order valence-electron chi connectivity index (χ1n) is 9.42. The van der Waals surface area contributed by atoms with Gasteiger partial charge in [-0.1, -0.05) is 18.9 Å². The van der Waals surface area contributed by atoms with Gasteiger partial charge in [-0.25, -0.2) is 0 Å². The van der Waals surface area contributed by atoms with E-state index in [1.165, 1.54) is 6.07 Å². The van der Waals surface area contributed by atoms with E-state index in [0.717, 1.165) is 23.3 Å². The van der Waals surface area contributed by atoms with E-state index in [1.54, 1.807) is 30.6 Å². The lowest BCUT2D eigenvalue weighted by molar-refractivity contribution is -0.254. The minimum absolute atomic E-state index is 0.0862. The van der Waals surface area contributed by atoms with Crippen LogP contribution >= 0.6 is 0 Å². The Morgan fingerprint density at radius 3 is 2.46 bits per heavy atom. The van der Waals surface area contributed by atoms with E-state index in [-0.39, 0.29) is 34.9 Å². The zero-order chi connectivity index (χ0) is 19.7. The summed E-state index contributed by atoms with van der Waals surface area (Å²) in [5.41, 5.74) is 1.46. The molecule has 1 aromatic heterocycles. The van der Waals surface area contributed by atoms with Gasteiger partial charge >= 0.3 is 0 Å². The van der Waals surface area contributed by atoms with Crippen LogP contribution in [0.3, 0.4) is 0 Å². The Morgan fingerprint density at radius 1 is 1.14 bits per heavy atom. The summed E-state index contributed by atoms with van der Waals surface area (Å²) in [6, 6.07) is 8.18. The Kier molecular flexibility index (Phi) is 4.81. The minimum atomic E-state index is -1.37. The van der Waals surface area contributed by atoms with Crippen molar-refractivity contribution < 1.29 is 19.5 Å². The number of carbonyl (C=O) groups is 3. The summed E-state index contributed by atoms with van der Waals surface area (Å²) in [5.74, 6) is -2.38. The molecule has 1 aliphatic heterocycles. The fourth-order valence-corrected chi connectivity index (χ4v) is 4.11. The van der Waals surface area contributed by atoms with Crippen LogP contribution in [0.15, 0.2) is 42.7 Å². The van der Waals surface area contributed by atoms with Gasteiger partial charge in [-0.05, 0) is 42.7 Å². The Bertz CT molecular complexity index is 905. The van der Waals surface area contributed by atoms with Crippen molar-refractivity contribution in [3.63, 3.8) is 0 Å². The Hall–Kier alpha value is -3.22. The molecule has 144 valence electrons. The molecule has 7 nitrogen and oxygen atoms in total. The van der Waals surface area contributed by atoms with Crippen LogP contribution in [0, 0.1) is 11.8 Å². The first-order chi connectivity index (χ1) is 13.6. The molecule has 2 aromatic rings. The van der Waals surface area contributed by atoms with Gasteiger partial charge in [-0.3, -0.25) is 19.5 Å². The third-order valence-electron chi connectivity index (χ3n) is 5.53. The topological polar surface area (TPSA) is 102 Å². The maximum atomic E-state index is 12.7. The molecule has 2 atom stereocenters. The van der Waals surface area contributed by atoms with Crippen LogP contribution in [0.2, 0.25) is 0 Å². The maximum absolute atomic E-state index is 12.7. The van der Waals surface area contributed by atoms with Crippen molar-refractivity contribution in [1.29, 1.82) is 0 Å². The van der Waals surface area contributed by atoms with Crippen LogP contribution in [0.4, 0.5) is 11.4 Å². The summed E-state index contributed by atoms with van der Waals surface area (Å²) in [6.07, 6.45) is 6.65. The summed E-state index contributed by atoms with van der Waals surface area (Å²) in [4.78, 5) is 42.3. The molecule has 7 heteroatoms. The molecule has 2 fully saturated rings. The molecule has 0 unspecified atom stereocenters. The van der Waals surface area contributed by atoms with Gasteiger partial charge in [0.25, 0.3) is 0 Å². The molecular formula is C21H20N3O4-. The normalized spacial score (nSPS) is 21.5. The van der Waals surface area contributed by atoms with E-state index >= 15 is 0 Å². The number of nitrogens with zero attached hydrogens (tertiary/aromatic N) is 2. The Balaban J connectivity index is 1.60. The minimum Gasteiger partial charge on any atom is -0.545 e. The number of benzene rings is 1. The Morgan fingerprint density at radius 2 is 1.86 bits per heavy atom. The van der Waals surface area contributed by atoms with Gasteiger partial charge in [-0.15, -0.1) is 0 Å². The summed E-state index contributed by atoms with van der Waals surface area (Å²) >= 11 is 0. The van der Waals surface area contributed by atoms with Crippen LogP contribution in [0.1, 0.15) is 41.6 Å². The molecule has 2 amide bonds. The summed E-state index contributed by atoms with van der Waals surface area (Å²) in [5, 5.41) is 14.7. The number of pyridine rings is 1. The number of hydrogen-bond acceptors (Lipinski definition) is 6. The van der Waals surface area contributed by atoms with Crippen molar-refractivity contribution in [2.45, 2.75) is 32.2 Å². The number of hydrogen-bond donors (Lipinski definition) is 1. The van der Waals surface area contributed by atoms with Crippen molar-refractivity contribution >= 4 is 29.2 Å². The number of amides is 2. The van der Waals surface area contributed by atoms with Crippen LogP contribution in [0.25, 0.3) is 0 Å². The molecule has 4 rings (SSSR count). The van der Waals surface area contributed by atoms with E-state index < -0.39 is 5.97 Å². The fraction of sp³-hybridized carbons (Fsp3) is 0.333. The standard InChI is InChI=1S/C21H21N3O4/c25-19-15-5-1-2-6-16(15)20(26)24(19)14-7-8-18(17(10-14)21(27)28)23-12-13-4-3-9-22-11-13/h3-4,7-11,15-16,23H,1-2,5-6,12H2,(H,27,28)/p-1/t15-,16+. The second-order valence-corrected chi connectivity index (χ2v) is 7.24. The van der Waals surface area contributed by atoms with Gasteiger partial charge in [0, 0.05) is 30.2 Å². The van der Waals surface area contributed by atoms with Crippen LogP contribution in [-0.2, 0) is 16.1 Å². The highest BCUT2D eigenvalue weighted by atomic mass is 16.4. The molecule has 1 N–H and O–H groups in total. The van der Waals surface area contributed by atoms with Crippen LogP contribution in [0.5, 0.6) is 0 Å². The average Bonchev–Trinajstić information content (AvgIpc) is 2.98. The third kappa shape index (κ3) is 3.24. The number of carboxylic acid groups (broad SMARTS) is 1. The lowest BCUT2D eigenvalue weighted by atomic mass is 9.81. The quantitative estimate of drug-likeness (QED) is 0.795. The highest BCUT2D eigenvalue weighted by molar-refractivity contribution is 6.22.